The van der Waals surface area contributed by atoms with E-state index < -0.39 is 0 Å². The fourth-order valence-corrected chi connectivity index (χ4v) is 1.87. The van der Waals surface area contributed by atoms with Crippen LogP contribution in [-0.2, 0) is 11.2 Å². The van der Waals surface area contributed by atoms with Crippen LogP contribution in [0.3, 0.4) is 0 Å². The van der Waals surface area contributed by atoms with Gasteiger partial charge in [0.2, 0.25) is 5.91 Å². The molecular weight excluding hydrogens is 212 g/mol. The lowest BCUT2D eigenvalue weighted by atomic mass is 10.1. The van der Waals surface area contributed by atoms with Crippen molar-refractivity contribution in [2.45, 2.75) is 26.2 Å². The van der Waals surface area contributed by atoms with Crippen LogP contribution in [0.4, 0.5) is 0 Å². The van der Waals surface area contributed by atoms with E-state index in [1.165, 1.54) is 0 Å². The molecule has 90 valence electrons. The number of fused-ring (bicyclic) bond motifs is 1. The van der Waals surface area contributed by atoms with Crippen LogP contribution in [0.1, 0.15) is 25.3 Å². The Morgan fingerprint density at radius 2 is 2.24 bits per heavy atom. The van der Waals surface area contributed by atoms with Crippen molar-refractivity contribution in [2.24, 2.45) is 0 Å². The third-order valence-electron chi connectivity index (χ3n) is 2.83. The van der Waals surface area contributed by atoms with Gasteiger partial charge in [-0.1, -0.05) is 19.4 Å². The number of nitrogens with one attached hydrogen (secondary N) is 2. The van der Waals surface area contributed by atoms with Gasteiger partial charge in [0.1, 0.15) is 0 Å². The molecule has 1 heterocycles. The number of hydrogen-bond donors (Lipinski definition) is 2. The van der Waals surface area contributed by atoms with Crippen LogP contribution in [-0.4, -0.2) is 17.4 Å². The number of carbonyl (C=O) groups excluding carboxylic acids is 1. The van der Waals surface area contributed by atoms with Crippen molar-refractivity contribution < 1.29 is 4.79 Å². The SMILES string of the molecule is CCCCNC(=O)Cc1ccc2[nH]ccc2c1. The minimum atomic E-state index is 0.105. The minimum absolute atomic E-state index is 0.105. The Balaban J connectivity index is 1.95. The van der Waals surface area contributed by atoms with Crippen molar-refractivity contribution in [3.63, 3.8) is 0 Å². The van der Waals surface area contributed by atoms with E-state index in [1.807, 2.05) is 24.4 Å². The molecule has 0 saturated carbocycles. The van der Waals surface area contributed by atoms with Crippen LogP contribution >= 0.6 is 0 Å². The van der Waals surface area contributed by atoms with Gasteiger partial charge >= 0.3 is 0 Å². The van der Waals surface area contributed by atoms with E-state index in [2.05, 4.69) is 23.3 Å². The lowest BCUT2D eigenvalue weighted by Gasteiger charge is -2.04. The largest absolute Gasteiger partial charge is 0.361 e. The normalized spacial score (nSPS) is 10.6. The molecule has 2 rings (SSSR count). The molecular formula is C14H18N2O. The first-order valence-electron chi connectivity index (χ1n) is 6.12. The standard InChI is InChI=1S/C14H18N2O/c1-2-3-7-16-14(17)10-11-4-5-13-12(9-11)6-8-15-13/h4-6,8-9,15H,2-3,7,10H2,1H3,(H,16,17). The molecule has 0 atom stereocenters. The van der Waals surface area contributed by atoms with Crippen LogP contribution in [0.25, 0.3) is 10.9 Å². The zero-order chi connectivity index (χ0) is 12.1. The first-order valence-corrected chi connectivity index (χ1v) is 6.12. The first kappa shape index (κ1) is 11.7. The third kappa shape index (κ3) is 3.09. The Bertz CT molecular complexity index is 502. The number of carbonyl (C=O) groups is 1. The van der Waals surface area contributed by atoms with Crippen LogP contribution in [0, 0.1) is 0 Å². The Morgan fingerprint density at radius 1 is 1.35 bits per heavy atom. The van der Waals surface area contributed by atoms with E-state index in [9.17, 15) is 4.79 Å². The van der Waals surface area contributed by atoms with Crippen molar-refractivity contribution >= 4 is 16.8 Å². The fraction of sp³-hybridized carbons (Fsp3) is 0.357. The molecule has 2 N–H and O–H groups in total. The zero-order valence-electron chi connectivity index (χ0n) is 10.1. The summed E-state index contributed by atoms with van der Waals surface area (Å²) in [5.41, 5.74) is 2.17. The van der Waals surface area contributed by atoms with Gasteiger partial charge in [0.05, 0.1) is 6.42 Å². The number of aromatic nitrogens is 1. The summed E-state index contributed by atoms with van der Waals surface area (Å²) in [6.07, 6.45) is 4.53. The van der Waals surface area contributed by atoms with Gasteiger partial charge in [0.25, 0.3) is 0 Å². The Hall–Kier alpha value is -1.77. The van der Waals surface area contributed by atoms with Crippen LogP contribution in [0.5, 0.6) is 0 Å². The molecule has 0 unspecified atom stereocenters. The average Bonchev–Trinajstić information content (AvgIpc) is 2.76. The van der Waals surface area contributed by atoms with E-state index in [4.69, 9.17) is 0 Å². The van der Waals surface area contributed by atoms with Gasteiger partial charge in [-0.3, -0.25) is 4.79 Å². The topological polar surface area (TPSA) is 44.9 Å². The van der Waals surface area contributed by atoms with Gasteiger partial charge in [-0.05, 0) is 35.6 Å². The van der Waals surface area contributed by atoms with Crippen molar-refractivity contribution in [3.05, 3.63) is 36.0 Å². The van der Waals surface area contributed by atoms with Gasteiger partial charge in [0.15, 0.2) is 0 Å². The van der Waals surface area contributed by atoms with E-state index in [-0.39, 0.29) is 5.91 Å². The summed E-state index contributed by atoms with van der Waals surface area (Å²) in [5.74, 6) is 0.105. The molecule has 0 saturated heterocycles. The van der Waals surface area contributed by atoms with E-state index >= 15 is 0 Å². The molecule has 0 aliphatic carbocycles. The molecule has 0 spiro atoms. The van der Waals surface area contributed by atoms with Crippen molar-refractivity contribution in [1.29, 1.82) is 0 Å². The highest BCUT2D eigenvalue weighted by Gasteiger charge is 2.03. The fourth-order valence-electron chi connectivity index (χ4n) is 1.87. The molecule has 3 nitrogen and oxygen atoms in total. The summed E-state index contributed by atoms with van der Waals surface area (Å²) in [5, 5.41) is 4.08. The molecule has 0 aliphatic rings. The quantitative estimate of drug-likeness (QED) is 0.762. The van der Waals surface area contributed by atoms with Crippen LogP contribution in [0.15, 0.2) is 30.5 Å². The van der Waals surface area contributed by atoms with Gasteiger partial charge < -0.3 is 10.3 Å². The molecule has 1 aromatic heterocycles. The molecule has 1 amide bonds. The number of hydrogen-bond acceptors (Lipinski definition) is 1. The lowest BCUT2D eigenvalue weighted by molar-refractivity contribution is -0.120. The van der Waals surface area contributed by atoms with E-state index in [1.54, 1.807) is 0 Å². The van der Waals surface area contributed by atoms with E-state index in [0.29, 0.717) is 6.42 Å². The van der Waals surface area contributed by atoms with E-state index in [0.717, 1.165) is 35.9 Å². The van der Waals surface area contributed by atoms with Crippen LogP contribution in [0.2, 0.25) is 0 Å². The summed E-state index contributed by atoms with van der Waals surface area (Å²) in [4.78, 5) is 14.8. The Kier molecular flexibility index (Phi) is 3.81. The second-order valence-corrected chi connectivity index (χ2v) is 4.28. The number of unbranched alkanes of at least 4 members (excludes halogenated alkanes) is 1. The Morgan fingerprint density at radius 3 is 3.06 bits per heavy atom. The maximum Gasteiger partial charge on any atom is 0.224 e. The molecule has 1 aromatic carbocycles. The Labute approximate surface area is 101 Å². The molecule has 17 heavy (non-hydrogen) atoms. The van der Waals surface area contributed by atoms with Crippen molar-refractivity contribution in [2.75, 3.05) is 6.54 Å². The smallest absolute Gasteiger partial charge is 0.224 e. The summed E-state index contributed by atoms with van der Waals surface area (Å²) in [6, 6.07) is 8.10. The lowest BCUT2D eigenvalue weighted by Crippen LogP contribution is -2.25. The number of aromatic amines is 1. The predicted octanol–water partition coefficient (Wildman–Crippen LogP) is 2.63. The second kappa shape index (κ2) is 5.53. The summed E-state index contributed by atoms with van der Waals surface area (Å²) >= 11 is 0. The number of benzene rings is 1. The highest BCUT2D eigenvalue weighted by Crippen LogP contribution is 2.14. The van der Waals surface area contributed by atoms with Gasteiger partial charge in [-0.2, -0.15) is 0 Å². The number of rotatable bonds is 5. The van der Waals surface area contributed by atoms with Gasteiger partial charge in [-0.15, -0.1) is 0 Å². The molecule has 0 fully saturated rings. The number of amides is 1. The first-order chi connectivity index (χ1) is 8.29. The van der Waals surface area contributed by atoms with Crippen molar-refractivity contribution in [1.82, 2.24) is 10.3 Å². The molecule has 3 heteroatoms. The highest BCUT2D eigenvalue weighted by atomic mass is 16.1. The summed E-state index contributed by atoms with van der Waals surface area (Å²) in [6.45, 7) is 2.90. The van der Waals surface area contributed by atoms with Crippen LogP contribution < -0.4 is 5.32 Å². The summed E-state index contributed by atoms with van der Waals surface area (Å²) < 4.78 is 0. The molecule has 0 aliphatic heterocycles. The van der Waals surface area contributed by atoms with Gasteiger partial charge in [-0.25, -0.2) is 0 Å². The molecule has 2 aromatic rings. The third-order valence-corrected chi connectivity index (χ3v) is 2.83. The maximum atomic E-state index is 11.6. The zero-order valence-corrected chi connectivity index (χ0v) is 10.1. The molecule has 0 bridgehead atoms. The number of H-pyrrole nitrogens is 1. The minimum Gasteiger partial charge on any atom is -0.361 e. The molecule has 0 radical (unpaired) electrons. The second-order valence-electron chi connectivity index (χ2n) is 4.28. The van der Waals surface area contributed by atoms with Crippen molar-refractivity contribution in [3.8, 4) is 0 Å². The average molecular weight is 230 g/mol. The van der Waals surface area contributed by atoms with Gasteiger partial charge in [0, 0.05) is 18.3 Å². The highest BCUT2D eigenvalue weighted by molar-refractivity contribution is 5.83. The maximum absolute atomic E-state index is 11.6. The monoisotopic (exact) mass is 230 g/mol. The predicted molar refractivity (Wildman–Crippen MR) is 69.9 cm³/mol. The summed E-state index contributed by atoms with van der Waals surface area (Å²) in [7, 11) is 0.